The second kappa shape index (κ2) is 13.3. The summed E-state index contributed by atoms with van der Waals surface area (Å²) in [5.74, 6) is -1.74. The largest absolute Gasteiger partial charge is 0.508 e. The number of aromatic hydroxyl groups is 1. The molecular weight excluding hydrogens is 516 g/mol. The van der Waals surface area contributed by atoms with E-state index in [1.54, 1.807) is 38.1 Å². The second-order valence-electron chi connectivity index (χ2n) is 8.59. The van der Waals surface area contributed by atoms with Gasteiger partial charge in [-0.15, -0.1) is 17.0 Å². The molecule has 3 N–H and O–H groups in total. The van der Waals surface area contributed by atoms with Gasteiger partial charge in [0.05, 0.1) is 12.6 Å². The van der Waals surface area contributed by atoms with Crippen molar-refractivity contribution in [3.63, 3.8) is 0 Å². The predicted octanol–water partition coefficient (Wildman–Crippen LogP) is 2.89. The van der Waals surface area contributed by atoms with Gasteiger partial charge < -0.3 is 19.8 Å². The Morgan fingerprint density at radius 1 is 1.09 bits per heavy atom. The number of hydrogen-bond donors (Lipinski definition) is 3. The van der Waals surface area contributed by atoms with E-state index in [-0.39, 0.29) is 41.3 Å². The first-order valence-electron chi connectivity index (χ1n) is 11.6. The number of aliphatic carboxylic acids is 1. The summed E-state index contributed by atoms with van der Waals surface area (Å²) in [6.07, 6.45) is 2.12. The average Bonchev–Trinajstić information content (AvgIpc) is 3.24. The number of rotatable bonds is 11. The molecule has 1 aliphatic rings. The Morgan fingerprint density at radius 3 is 2.23 bits per heavy atom. The maximum atomic E-state index is 13.4. The predicted molar refractivity (Wildman–Crippen MR) is 137 cm³/mol. The molecule has 2 aromatic rings. The van der Waals surface area contributed by atoms with Gasteiger partial charge in [0.25, 0.3) is 0 Å². The summed E-state index contributed by atoms with van der Waals surface area (Å²) in [6, 6.07) is 12.8. The molecular formula is C26H33BrN2O6. The monoisotopic (exact) mass is 548 g/mol. The van der Waals surface area contributed by atoms with Crippen LogP contribution in [0.5, 0.6) is 5.75 Å². The highest BCUT2D eigenvalue weighted by Crippen LogP contribution is 2.26. The van der Waals surface area contributed by atoms with Crippen LogP contribution in [0.1, 0.15) is 37.0 Å². The zero-order valence-corrected chi connectivity index (χ0v) is 21.7. The molecule has 0 heterocycles. The van der Waals surface area contributed by atoms with Crippen LogP contribution in [0.4, 0.5) is 0 Å². The van der Waals surface area contributed by atoms with Gasteiger partial charge in [0.15, 0.2) is 0 Å². The minimum Gasteiger partial charge on any atom is -0.508 e. The van der Waals surface area contributed by atoms with Gasteiger partial charge in [0, 0.05) is 6.04 Å². The van der Waals surface area contributed by atoms with Gasteiger partial charge in [-0.3, -0.25) is 19.7 Å². The molecule has 0 aromatic heterocycles. The molecule has 0 spiro atoms. The molecule has 9 heteroatoms. The van der Waals surface area contributed by atoms with Crippen molar-refractivity contribution < 1.29 is 29.3 Å². The number of carboxylic acid groups (broad SMARTS) is 1. The molecule has 8 nitrogen and oxygen atoms in total. The molecule has 0 aliphatic heterocycles. The summed E-state index contributed by atoms with van der Waals surface area (Å²) in [5.41, 5.74) is 3.17. The van der Waals surface area contributed by atoms with E-state index in [0.717, 1.165) is 16.7 Å². The Labute approximate surface area is 216 Å². The van der Waals surface area contributed by atoms with Crippen molar-refractivity contribution in [2.75, 3.05) is 13.2 Å². The standard InChI is InChI=1S/C26H32N2O6.BrH/c1-3-34-26(33)23(13-10-18-8-11-22(29)12-9-18)27-17(2)25(32)28(16-24(30)31)21-14-19-6-4-5-7-20(19)15-21;/h4-9,11-12,17,21,23,27,29H,3,10,13-16H2,1-2H3,(H,30,31);1H/t17-,23?;/m0./s1. The van der Waals surface area contributed by atoms with Crippen LogP contribution in [0, 0.1) is 0 Å². The number of ether oxygens (including phenoxy) is 1. The maximum absolute atomic E-state index is 13.4. The van der Waals surface area contributed by atoms with Crippen LogP contribution in [-0.2, 0) is 38.4 Å². The Balaban J connectivity index is 0.00000432. The van der Waals surface area contributed by atoms with Crippen LogP contribution >= 0.6 is 17.0 Å². The first-order valence-corrected chi connectivity index (χ1v) is 11.6. The van der Waals surface area contributed by atoms with Crippen LogP contribution in [0.15, 0.2) is 48.5 Å². The van der Waals surface area contributed by atoms with E-state index in [4.69, 9.17) is 4.74 Å². The SMILES string of the molecule is Br.CCOC(=O)C(CCc1ccc(O)cc1)N[C@@H](C)C(=O)N(CC(=O)O)C1Cc2ccccc2C1. The van der Waals surface area contributed by atoms with Gasteiger partial charge in [-0.1, -0.05) is 36.4 Å². The van der Waals surface area contributed by atoms with Crippen LogP contribution in [-0.4, -0.2) is 64.2 Å². The van der Waals surface area contributed by atoms with Gasteiger partial charge >= 0.3 is 11.9 Å². The quantitative estimate of drug-likeness (QED) is 0.369. The zero-order valence-electron chi connectivity index (χ0n) is 20.0. The number of nitrogens with one attached hydrogen (secondary N) is 1. The number of phenolic OH excluding ortho intramolecular Hbond substituents is 1. The number of esters is 1. The molecule has 1 unspecified atom stereocenters. The summed E-state index contributed by atoms with van der Waals surface area (Å²) in [5, 5.41) is 22.0. The molecule has 2 atom stereocenters. The molecule has 1 aliphatic carbocycles. The van der Waals surface area contributed by atoms with E-state index in [2.05, 4.69) is 5.32 Å². The lowest BCUT2D eigenvalue weighted by Gasteiger charge is -2.31. The molecule has 2 aromatic carbocycles. The summed E-state index contributed by atoms with van der Waals surface area (Å²) >= 11 is 0. The van der Waals surface area contributed by atoms with Crippen molar-refractivity contribution in [3.8, 4) is 5.75 Å². The Morgan fingerprint density at radius 2 is 1.69 bits per heavy atom. The minimum absolute atomic E-state index is 0. The zero-order chi connectivity index (χ0) is 24.7. The highest BCUT2D eigenvalue weighted by atomic mass is 79.9. The Kier molecular flexibility index (Phi) is 10.7. The van der Waals surface area contributed by atoms with E-state index >= 15 is 0 Å². The van der Waals surface area contributed by atoms with Gasteiger partial charge in [-0.2, -0.15) is 0 Å². The molecule has 3 rings (SSSR count). The van der Waals surface area contributed by atoms with E-state index < -0.39 is 30.6 Å². The molecule has 0 saturated heterocycles. The fourth-order valence-electron chi connectivity index (χ4n) is 4.40. The molecule has 0 bridgehead atoms. The van der Waals surface area contributed by atoms with Crippen molar-refractivity contribution in [1.29, 1.82) is 0 Å². The lowest BCUT2D eigenvalue weighted by Crippen LogP contribution is -2.54. The number of aryl methyl sites for hydroxylation is 1. The first kappa shape index (κ1) is 28.3. The summed E-state index contributed by atoms with van der Waals surface area (Å²) in [7, 11) is 0. The fraction of sp³-hybridized carbons (Fsp3) is 0.423. The number of phenols is 1. The number of fused-ring (bicyclic) bond motifs is 1. The van der Waals surface area contributed by atoms with Crippen LogP contribution in [0.2, 0.25) is 0 Å². The van der Waals surface area contributed by atoms with Crippen LogP contribution < -0.4 is 5.32 Å². The molecule has 35 heavy (non-hydrogen) atoms. The normalized spacial score (nSPS) is 14.3. The maximum Gasteiger partial charge on any atom is 0.323 e. The smallest absolute Gasteiger partial charge is 0.323 e. The number of carbonyl (C=O) groups excluding carboxylic acids is 2. The van der Waals surface area contributed by atoms with E-state index in [1.807, 2.05) is 24.3 Å². The number of benzene rings is 2. The van der Waals surface area contributed by atoms with Gasteiger partial charge in [-0.25, -0.2) is 0 Å². The lowest BCUT2D eigenvalue weighted by atomic mass is 10.0. The molecule has 0 radical (unpaired) electrons. The van der Waals surface area contributed by atoms with Gasteiger partial charge in [-0.05, 0) is 68.4 Å². The number of nitrogens with zero attached hydrogens (tertiary/aromatic N) is 1. The Bertz CT molecular complexity index is 988. The second-order valence-corrected chi connectivity index (χ2v) is 8.59. The van der Waals surface area contributed by atoms with Crippen molar-refractivity contribution in [2.24, 2.45) is 0 Å². The highest BCUT2D eigenvalue weighted by molar-refractivity contribution is 8.93. The van der Waals surface area contributed by atoms with Crippen LogP contribution in [0.25, 0.3) is 0 Å². The van der Waals surface area contributed by atoms with E-state index in [9.17, 15) is 24.6 Å². The molecule has 190 valence electrons. The summed E-state index contributed by atoms with van der Waals surface area (Å²) < 4.78 is 5.20. The van der Waals surface area contributed by atoms with Crippen LogP contribution in [0.3, 0.4) is 0 Å². The topological polar surface area (TPSA) is 116 Å². The minimum atomic E-state index is -1.08. The highest BCUT2D eigenvalue weighted by Gasteiger charge is 2.34. The van der Waals surface area contributed by atoms with E-state index in [1.165, 1.54) is 4.90 Å². The average molecular weight is 549 g/mol. The first-order chi connectivity index (χ1) is 16.3. The van der Waals surface area contributed by atoms with Gasteiger partial charge in [0.1, 0.15) is 18.3 Å². The third kappa shape index (κ3) is 7.80. The third-order valence-electron chi connectivity index (χ3n) is 6.11. The van der Waals surface area contributed by atoms with Crippen molar-refractivity contribution in [1.82, 2.24) is 10.2 Å². The molecule has 0 fully saturated rings. The van der Waals surface area contributed by atoms with Gasteiger partial charge in [0.2, 0.25) is 5.91 Å². The number of hydrogen-bond acceptors (Lipinski definition) is 6. The lowest BCUT2D eigenvalue weighted by molar-refractivity contribution is -0.149. The summed E-state index contributed by atoms with van der Waals surface area (Å²) in [4.78, 5) is 38.9. The third-order valence-corrected chi connectivity index (χ3v) is 6.11. The number of carbonyl (C=O) groups is 3. The fourth-order valence-corrected chi connectivity index (χ4v) is 4.40. The molecule has 1 amide bonds. The van der Waals surface area contributed by atoms with Crippen molar-refractivity contribution in [3.05, 3.63) is 65.2 Å². The van der Waals surface area contributed by atoms with Crippen molar-refractivity contribution in [2.45, 2.75) is 57.7 Å². The van der Waals surface area contributed by atoms with E-state index in [0.29, 0.717) is 25.7 Å². The number of amides is 1. The number of carboxylic acids is 1. The summed E-state index contributed by atoms with van der Waals surface area (Å²) in [6.45, 7) is 3.17. The molecule has 0 saturated carbocycles. The Hall–Kier alpha value is -2.91. The van der Waals surface area contributed by atoms with Crippen molar-refractivity contribution >= 4 is 34.8 Å². The number of halogens is 1.